The fraction of sp³-hybridized carbons (Fsp3) is 0.737. The summed E-state index contributed by atoms with van der Waals surface area (Å²) in [6.07, 6.45) is 6.14. The molecule has 3 saturated heterocycles. The number of methoxy groups -OCH3 is 1. The summed E-state index contributed by atoms with van der Waals surface area (Å²) in [5, 5.41) is 0. The van der Waals surface area contributed by atoms with E-state index in [1.165, 1.54) is 0 Å². The molecule has 1 aromatic rings. The Balaban J connectivity index is 1.40. The maximum atomic E-state index is 12.4. The average Bonchev–Trinajstić information content (AvgIpc) is 3.18. The molecule has 3 fully saturated rings. The number of aromatic nitrogens is 2. The lowest BCUT2D eigenvalue weighted by molar-refractivity contribution is -0.140. The molecule has 0 saturated carbocycles. The van der Waals surface area contributed by atoms with E-state index in [1.807, 2.05) is 6.07 Å². The number of amides is 1. The molecule has 0 bridgehead atoms. The second-order valence-electron chi connectivity index (χ2n) is 8.02. The smallest absolute Gasteiger partial charge is 0.225 e. The van der Waals surface area contributed by atoms with Crippen LogP contribution in [0, 0.1) is 5.41 Å². The summed E-state index contributed by atoms with van der Waals surface area (Å²) in [7, 11) is 1.58. The van der Waals surface area contributed by atoms with Crippen LogP contribution in [0.15, 0.2) is 6.07 Å². The lowest BCUT2D eigenvalue weighted by Gasteiger charge is -2.48. The van der Waals surface area contributed by atoms with Gasteiger partial charge in [0.05, 0.1) is 13.2 Å². The van der Waals surface area contributed by atoms with Crippen LogP contribution < -0.4 is 15.4 Å². The highest BCUT2D eigenvalue weighted by Crippen LogP contribution is 2.41. The number of nitrogens with two attached hydrogens (primary N) is 1. The molecule has 4 rings (SSSR count). The zero-order valence-corrected chi connectivity index (χ0v) is 16.0. The van der Waals surface area contributed by atoms with Crippen molar-refractivity contribution in [2.75, 3.05) is 50.5 Å². The van der Waals surface area contributed by atoms with E-state index in [-0.39, 0.29) is 23.4 Å². The molecule has 3 aliphatic rings. The van der Waals surface area contributed by atoms with Gasteiger partial charge in [0, 0.05) is 45.3 Å². The molecular weight excluding hydrogens is 346 g/mol. The Kier molecular flexibility index (Phi) is 5.08. The van der Waals surface area contributed by atoms with Gasteiger partial charge >= 0.3 is 0 Å². The van der Waals surface area contributed by atoms with Gasteiger partial charge in [0.15, 0.2) is 0 Å². The number of ether oxygens (including phenoxy) is 2. The van der Waals surface area contributed by atoms with E-state index in [2.05, 4.69) is 19.8 Å². The van der Waals surface area contributed by atoms with Crippen LogP contribution in [0.1, 0.15) is 38.5 Å². The fourth-order valence-electron chi connectivity index (χ4n) is 4.62. The number of nitrogen functional groups attached to an aromatic ring is 1. The van der Waals surface area contributed by atoms with E-state index < -0.39 is 0 Å². The van der Waals surface area contributed by atoms with E-state index in [0.717, 1.165) is 70.7 Å². The minimum atomic E-state index is 0.214. The molecule has 0 aromatic carbocycles. The highest BCUT2D eigenvalue weighted by atomic mass is 16.5. The number of likely N-dealkylation sites (tertiary alicyclic amines) is 1. The van der Waals surface area contributed by atoms with Crippen LogP contribution in [-0.4, -0.2) is 66.8 Å². The van der Waals surface area contributed by atoms with Gasteiger partial charge in [-0.1, -0.05) is 0 Å². The van der Waals surface area contributed by atoms with Crippen molar-refractivity contribution in [1.29, 1.82) is 0 Å². The summed E-state index contributed by atoms with van der Waals surface area (Å²) in [4.78, 5) is 25.1. The molecule has 0 unspecified atom stereocenters. The van der Waals surface area contributed by atoms with Crippen molar-refractivity contribution in [2.45, 2.75) is 44.6 Å². The first-order valence-corrected chi connectivity index (χ1v) is 9.90. The van der Waals surface area contributed by atoms with Crippen molar-refractivity contribution in [3.63, 3.8) is 0 Å². The number of carbonyl (C=O) groups excluding carboxylic acids is 1. The Morgan fingerprint density at radius 3 is 2.85 bits per heavy atom. The van der Waals surface area contributed by atoms with E-state index in [0.29, 0.717) is 12.3 Å². The monoisotopic (exact) mass is 375 g/mol. The Bertz CT molecular complexity index is 684. The molecule has 1 aromatic heterocycles. The second kappa shape index (κ2) is 7.50. The number of piperidine rings is 2. The van der Waals surface area contributed by atoms with Gasteiger partial charge in [0.2, 0.25) is 17.7 Å². The third kappa shape index (κ3) is 3.95. The van der Waals surface area contributed by atoms with Gasteiger partial charge in [-0.25, -0.2) is 0 Å². The van der Waals surface area contributed by atoms with Crippen LogP contribution in [0.2, 0.25) is 0 Å². The number of rotatable bonds is 4. The maximum absolute atomic E-state index is 12.4. The standard InChI is InChI=1S/C19H29N5O3/c1-26-16-11-15(21-18(20)22-16)23-8-6-19(7-9-23)5-4-17(25)24(13-19)12-14-3-2-10-27-14/h11,14H,2-10,12-13H2,1H3,(H2,20,21,22)/t14-/m0/s1. The molecule has 8 heteroatoms. The maximum Gasteiger partial charge on any atom is 0.225 e. The zero-order valence-electron chi connectivity index (χ0n) is 16.0. The highest BCUT2D eigenvalue weighted by Gasteiger charge is 2.42. The topological polar surface area (TPSA) is 93.8 Å². The molecular formula is C19H29N5O3. The average molecular weight is 375 g/mol. The molecule has 8 nitrogen and oxygen atoms in total. The van der Waals surface area contributed by atoms with Crippen LogP contribution in [-0.2, 0) is 9.53 Å². The van der Waals surface area contributed by atoms with Crippen LogP contribution in [0.5, 0.6) is 5.88 Å². The number of nitrogens with zero attached hydrogens (tertiary/aromatic N) is 4. The predicted octanol–water partition coefficient (Wildman–Crippen LogP) is 1.46. The summed E-state index contributed by atoms with van der Waals surface area (Å²) >= 11 is 0. The Morgan fingerprint density at radius 2 is 2.15 bits per heavy atom. The summed E-state index contributed by atoms with van der Waals surface area (Å²) in [6.45, 7) is 4.25. The van der Waals surface area contributed by atoms with Crippen LogP contribution in [0.3, 0.4) is 0 Å². The first kappa shape index (κ1) is 18.3. The van der Waals surface area contributed by atoms with Crippen molar-refractivity contribution in [3.8, 4) is 5.88 Å². The Morgan fingerprint density at radius 1 is 1.33 bits per heavy atom. The number of hydrogen-bond acceptors (Lipinski definition) is 7. The quantitative estimate of drug-likeness (QED) is 0.851. The van der Waals surface area contributed by atoms with Gasteiger partial charge in [-0.3, -0.25) is 4.79 Å². The molecule has 27 heavy (non-hydrogen) atoms. The summed E-state index contributed by atoms with van der Waals surface area (Å²) < 4.78 is 11.0. The highest BCUT2D eigenvalue weighted by molar-refractivity contribution is 5.77. The van der Waals surface area contributed by atoms with E-state index >= 15 is 0 Å². The summed E-state index contributed by atoms with van der Waals surface area (Å²) in [5.41, 5.74) is 6.02. The molecule has 4 heterocycles. The largest absolute Gasteiger partial charge is 0.481 e. The van der Waals surface area contributed by atoms with Crippen molar-refractivity contribution in [3.05, 3.63) is 6.07 Å². The van der Waals surface area contributed by atoms with Crippen molar-refractivity contribution >= 4 is 17.7 Å². The first-order chi connectivity index (χ1) is 13.1. The van der Waals surface area contributed by atoms with Crippen molar-refractivity contribution in [1.82, 2.24) is 14.9 Å². The molecule has 1 spiro atoms. The molecule has 1 amide bonds. The molecule has 2 N–H and O–H groups in total. The molecule has 148 valence electrons. The van der Waals surface area contributed by atoms with Gasteiger partial charge in [-0.15, -0.1) is 0 Å². The first-order valence-electron chi connectivity index (χ1n) is 9.90. The number of carbonyl (C=O) groups is 1. The lowest BCUT2D eigenvalue weighted by Crippen LogP contribution is -2.53. The van der Waals surface area contributed by atoms with Gasteiger partial charge in [0.1, 0.15) is 5.82 Å². The number of anilines is 2. The third-order valence-corrected chi connectivity index (χ3v) is 6.26. The van der Waals surface area contributed by atoms with Crippen LogP contribution >= 0.6 is 0 Å². The van der Waals surface area contributed by atoms with Gasteiger partial charge in [-0.05, 0) is 37.5 Å². The van der Waals surface area contributed by atoms with Crippen molar-refractivity contribution in [2.24, 2.45) is 5.41 Å². The van der Waals surface area contributed by atoms with Gasteiger partial charge in [0.25, 0.3) is 0 Å². The molecule has 1 atom stereocenters. The fourth-order valence-corrected chi connectivity index (χ4v) is 4.62. The molecule has 0 radical (unpaired) electrons. The SMILES string of the molecule is COc1cc(N2CCC3(CCC(=O)N(C[C@@H]4CCCO4)C3)CC2)nc(N)n1. The minimum absolute atomic E-state index is 0.214. The van der Waals surface area contributed by atoms with Crippen LogP contribution in [0.4, 0.5) is 11.8 Å². The minimum Gasteiger partial charge on any atom is -0.481 e. The Hall–Kier alpha value is -2.09. The van der Waals surface area contributed by atoms with E-state index in [9.17, 15) is 4.79 Å². The normalized spacial score (nSPS) is 25.2. The van der Waals surface area contributed by atoms with E-state index in [1.54, 1.807) is 7.11 Å². The predicted molar refractivity (Wildman–Crippen MR) is 102 cm³/mol. The summed E-state index contributed by atoms with van der Waals surface area (Å²) in [6, 6.07) is 1.84. The number of hydrogen-bond donors (Lipinski definition) is 1. The molecule has 3 aliphatic heterocycles. The lowest BCUT2D eigenvalue weighted by atomic mass is 9.72. The molecule has 0 aliphatic carbocycles. The third-order valence-electron chi connectivity index (χ3n) is 6.26. The summed E-state index contributed by atoms with van der Waals surface area (Å²) in [5.74, 6) is 1.82. The zero-order chi connectivity index (χ0) is 18.9. The van der Waals surface area contributed by atoms with Crippen molar-refractivity contribution < 1.29 is 14.3 Å². The Labute approximate surface area is 160 Å². The second-order valence-corrected chi connectivity index (χ2v) is 8.02. The van der Waals surface area contributed by atoms with E-state index in [4.69, 9.17) is 15.2 Å². The van der Waals surface area contributed by atoms with Gasteiger partial charge < -0.3 is 25.0 Å². The van der Waals surface area contributed by atoms with Gasteiger partial charge in [-0.2, -0.15) is 9.97 Å². The van der Waals surface area contributed by atoms with Crippen LogP contribution in [0.25, 0.3) is 0 Å².